The number of rotatable bonds is 0. The van der Waals surface area contributed by atoms with Crippen LogP contribution in [0.4, 0.5) is 0 Å². The van der Waals surface area contributed by atoms with Crippen molar-refractivity contribution < 1.29 is 0 Å². The van der Waals surface area contributed by atoms with Gasteiger partial charge in [0.2, 0.25) is 0 Å². The zero-order valence-corrected chi connectivity index (χ0v) is 8.44. The number of hydrogen-bond donors (Lipinski definition) is 0. The molecule has 72 valence electrons. The largest absolute Gasteiger partial charge is 0.259 e. The van der Waals surface area contributed by atoms with Gasteiger partial charge < -0.3 is 0 Å². The van der Waals surface area contributed by atoms with Crippen molar-refractivity contribution in [3.63, 3.8) is 0 Å². The summed E-state index contributed by atoms with van der Waals surface area (Å²) in [6.07, 6.45) is 3.73. The molecule has 3 aromatic rings. The minimum atomic E-state index is 0.958. The van der Waals surface area contributed by atoms with E-state index in [2.05, 4.69) is 34.2 Å². The van der Waals surface area contributed by atoms with E-state index < -0.39 is 0 Å². The predicted molar refractivity (Wildman–Crippen MR) is 61.8 cm³/mol. The topological polar surface area (TPSA) is 25.8 Å². The summed E-state index contributed by atoms with van der Waals surface area (Å²) in [6.45, 7) is 2.00. The third-order valence-electron chi connectivity index (χ3n) is 2.61. The fourth-order valence-corrected chi connectivity index (χ4v) is 1.87. The Hall–Kier alpha value is -1.96. The summed E-state index contributed by atoms with van der Waals surface area (Å²) in [7, 11) is 0. The molecule has 2 aromatic heterocycles. The van der Waals surface area contributed by atoms with E-state index in [0.29, 0.717) is 0 Å². The molecule has 0 aliphatic carbocycles. The van der Waals surface area contributed by atoms with Crippen LogP contribution in [0.15, 0.2) is 42.7 Å². The number of hydrogen-bond acceptors (Lipinski definition) is 2. The molecular formula is C13H10N2. The number of pyridine rings is 2. The molecule has 0 aliphatic heterocycles. The van der Waals surface area contributed by atoms with Gasteiger partial charge in [-0.1, -0.05) is 24.3 Å². The molecule has 2 heterocycles. The fourth-order valence-electron chi connectivity index (χ4n) is 1.87. The minimum absolute atomic E-state index is 0.958. The lowest BCUT2D eigenvalue weighted by molar-refractivity contribution is 1.21. The van der Waals surface area contributed by atoms with Crippen LogP contribution in [0.5, 0.6) is 0 Å². The first-order valence-electron chi connectivity index (χ1n) is 4.95. The number of benzene rings is 1. The minimum Gasteiger partial charge on any atom is -0.259 e. The zero-order valence-electron chi connectivity index (χ0n) is 8.44. The van der Waals surface area contributed by atoms with Gasteiger partial charge in [0.1, 0.15) is 0 Å². The second-order valence-electron chi connectivity index (χ2n) is 3.69. The summed E-state index contributed by atoms with van der Waals surface area (Å²) in [4.78, 5) is 8.64. The maximum atomic E-state index is 4.39. The number of aryl methyl sites for hydroxylation is 1. The fraction of sp³-hybridized carbons (Fsp3) is 0.0769. The van der Waals surface area contributed by atoms with Crippen LogP contribution in [-0.4, -0.2) is 9.97 Å². The maximum absolute atomic E-state index is 4.39. The summed E-state index contributed by atoms with van der Waals surface area (Å²) >= 11 is 0. The Morgan fingerprint density at radius 1 is 0.933 bits per heavy atom. The summed E-state index contributed by atoms with van der Waals surface area (Å²) in [5, 5.41) is 3.60. The van der Waals surface area contributed by atoms with Crippen molar-refractivity contribution in [1.29, 1.82) is 0 Å². The number of nitrogens with zero attached hydrogens (tertiary/aromatic N) is 2. The SMILES string of the molecule is Cc1cc2c(cn1)ncc1ccccc12. The molecule has 0 saturated carbocycles. The van der Waals surface area contributed by atoms with Crippen molar-refractivity contribution in [2.24, 2.45) is 0 Å². The van der Waals surface area contributed by atoms with Gasteiger partial charge in [-0.3, -0.25) is 9.97 Å². The second kappa shape index (κ2) is 3.02. The Labute approximate surface area is 87.6 Å². The standard InChI is InChI=1S/C13H10N2/c1-9-6-12-11-5-3-2-4-10(11)7-15-13(12)8-14-9/h2-8H,1H3. The molecule has 0 spiro atoms. The number of fused-ring (bicyclic) bond motifs is 3. The van der Waals surface area contributed by atoms with Gasteiger partial charge in [-0.2, -0.15) is 0 Å². The Kier molecular flexibility index (Phi) is 1.68. The summed E-state index contributed by atoms with van der Waals surface area (Å²) < 4.78 is 0. The van der Waals surface area contributed by atoms with Gasteiger partial charge in [0.05, 0.1) is 11.7 Å². The number of aromatic nitrogens is 2. The van der Waals surface area contributed by atoms with E-state index in [9.17, 15) is 0 Å². The van der Waals surface area contributed by atoms with E-state index in [0.717, 1.165) is 11.2 Å². The third-order valence-corrected chi connectivity index (χ3v) is 2.61. The summed E-state index contributed by atoms with van der Waals surface area (Å²) in [5.41, 5.74) is 1.99. The summed E-state index contributed by atoms with van der Waals surface area (Å²) in [6, 6.07) is 10.4. The molecule has 0 unspecified atom stereocenters. The molecule has 0 bridgehead atoms. The molecule has 0 fully saturated rings. The molecule has 0 radical (unpaired) electrons. The highest BCUT2D eigenvalue weighted by Crippen LogP contribution is 2.22. The normalized spacial score (nSPS) is 11.0. The van der Waals surface area contributed by atoms with Crippen molar-refractivity contribution >= 4 is 21.7 Å². The average molecular weight is 194 g/mol. The molecule has 0 amide bonds. The van der Waals surface area contributed by atoms with E-state index in [4.69, 9.17) is 0 Å². The van der Waals surface area contributed by atoms with E-state index in [1.54, 1.807) is 0 Å². The van der Waals surface area contributed by atoms with Crippen LogP contribution in [0.25, 0.3) is 21.7 Å². The molecule has 1 aromatic carbocycles. The molecule has 0 atom stereocenters. The maximum Gasteiger partial charge on any atom is 0.0891 e. The van der Waals surface area contributed by atoms with Crippen LogP contribution in [0, 0.1) is 6.92 Å². The first kappa shape index (κ1) is 8.36. The molecule has 15 heavy (non-hydrogen) atoms. The van der Waals surface area contributed by atoms with Gasteiger partial charge in [-0.05, 0) is 18.4 Å². The first-order chi connectivity index (χ1) is 7.34. The Morgan fingerprint density at radius 3 is 2.73 bits per heavy atom. The van der Waals surface area contributed by atoms with Crippen LogP contribution in [0.3, 0.4) is 0 Å². The monoisotopic (exact) mass is 194 g/mol. The van der Waals surface area contributed by atoms with Gasteiger partial charge in [0.15, 0.2) is 0 Å². The van der Waals surface area contributed by atoms with Gasteiger partial charge in [0.25, 0.3) is 0 Å². The molecular weight excluding hydrogens is 184 g/mol. The smallest absolute Gasteiger partial charge is 0.0891 e. The Morgan fingerprint density at radius 2 is 1.80 bits per heavy atom. The van der Waals surface area contributed by atoms with Crippen LogP contribution in [0.2, 0.25) is 0 Å². The van der Waals surface area contributed by atoms with Gasteiger partial charge in [-0.25, -0.2) is 0 Å². The van der Waals surface area contributed by atoms with Crippen LogP contribution in [0.1, 0.15) is 5.69 Å². The molecule has 3 rings (SSSR count). The van der Waals surface area contributed by atoms with Crippen LogP contribution in [-0.2, 0) is 0 Å². The van der Waals surface area contributed by atoms with Gasteiger partial charge in [-0.15, -0.1) is 0 Å². The lowest BCUT2D eigenvalue weighted by Crippen LogP contribution is -1.85. The lowest BCUT2D eigenvalue weighted by atomic mass is 10.1. The average Bonchev–Trinajstić information content (AvgIpc) is 2.29. The van der Waals surface area contributed by atoms with Crippen molar-refractivity contribution in [2.75, 3.05) is 0 Å². The van der Waals surface area contributed by atoms with Gasteiger partial charge >= 0.3 is 0 Å². The molecule has 0 N–H and O–H groups in total. The Bertz CT molecular complexity index is 644. The van der Waals surface area contributed by atoms with Crippen LogP contribution >= 0.6 is 0 Å². The highest BCUT2D eigenvalue weighted by molar-refractivity contribution is 6.05. The van der Waals surface area contributed by atoms with E-state index in [1.807, 2.05) is 25.4 Å². The van der Waals surface area contributed by atoms with Crippen molar-refractivity contribution in [2.45, 2.75) is 6.92 Å². The lowest BCUT2D eigenvalue weighted by Gasteiger charge is -2.02. The highest BCUT2D eigenvalue weighted by atomic mass is 14.7. The second-order valence-corrected chi connectivity index (χ2v) is 3.69. The van der Waals surface area contributed by atoms with Crippen molar-refractivity contribution in [1.82, 2.24) is 9.97 Å². The van der Waals surface area contributed by atoms with E-state index in [1.165, 1.54) is 16.2 Å². The zero-order chi connectivity index (χ0) is 10.3. The highest BCUT2D eigenvalue weighted by Gasteiger charge is 2.01. The Balaban J connectivity index is 2.57. The molecule has 0 aliphatic rings. The van der Waals surface area contributed by atoms with Crippen molar-refractivity contribution in [3.05, 3.63) is 48.4 Å². The van der Waals surface area contributed by atoms with Crippen LogP contribution < -0.4 is 0 Å². The predicted octanol–water partition coefficient (Wildman–Crippen LogP) is 3.09. The summed E-state index contributed by atoms with van der Waals surface area (Å²) in [5.74, 6) is 0. The van der Waals surface area contributed by atoms with Crippen molar-refractivity contribution in [3.8, 4) is 0 Å². The molecule has 0 saturated heterocycles. The quantitative estimate of drug-likeness (QED) is 0.514. The first-order valence-corrected chi connectivity index (χ1v) is 4.95. The third kappa shape index (κ3) is 1.26. The molecule has 2 nitrogen and oxygen atoms in total. The van der Waals surface area contributed by atoms with E-state index >= 15 is 0 Å². The molecule has 2 heteroatoms. The van der Waals surface area contributed by atoms with Gasteiger partial charge in [0, 0.05) is 22.7 Å². The van der Waals surface area contributed by atoms with E-state index in [-0.39, 0.29) is 0 Å².